The first-order valence-electron chi connectivity index (χ1n) is 6.95. The number of hydrogen-bond acceptors (Lipinski definition) is 3. The van der Waals surface area contributed by atoms with Gasteiger partial charge in [-0.15, -0.1) is 0 Å². The maximum atomic E-state index is 9.88. The molecule has 0 spiro atoms. The van der Waals surface area contributed by atoms with Gasteiger partial charge in [0.05, 0.1) is 18.4 Å². The molecule has 2 unspecified atom stereocenters. The Morgan fingerprint density at radius 1 is 1.28 bits per heavy atom. The van der Waals surface area contributed by atoms with Gasteiger partial charge < -0.3 is 9.84 Å². The SMILES string of the molecule is CC(C)Oc1cncc(C2CCCCC(O)C2)c1. The molecule has 3 heteroatoms. The van der Waals surface area contributed by atoms with Crippen LogP contribution in [0.3, 0.4) is 0 Å². The van der Waals surface area contributed by atoms with Crippen molar-refractivity contribution in [2.75, 3.05) is 0 Å². The molecule has 1 aromatic heterocycles. The first-order chi connectivity index (χ1) is 8.65. The minimum absolute atomic E-state index is 0.160. The van der Waals surface area contributed by atoms with E-state index in [4.69, 9.17) is 4.74 Å². The monoisotopic (exact) mass is 249 g/mol. The predicted octanol–water partition coefficient (Wildman–Crippen LogP) is 3.28. The molecule has 1 aromatic rings. The lowest BCUT2D eigenvalue weighted by atomic mass is 9.92. The lowest BCUT2D eigenvalue weighted by molar-refractivity contribution is 0.151. The van der Waals surface area contributed by atoms with Crippen molar-refractivity contribution in [1.82, 2.24) is 4.98 Å². The van der Waals surface area contributed by atoms with E-state index in [0.717, 1.165) is 31.4 Å². The first kappa shape index (κ1) is 13.3. The van der Waals surface area contributed by atoms with E-state index in [1.807, 2.05) is 20.0 Å². The van der Waals surface area contributed by atoms with Crippen molar-refractivity contribution >= 4 is 0 Å². The topological polar surface area (TPSA) is 42.4 Å². The van der Waals surface area contributed by atoms with Crippen molar-refractivity contribution in [3.63, 3.8) is 0 Å². The molecular formula is C15H23NO2. The summed E-state index contributed by atoms with van der Waals surface area (Å²) in [6, 6.07) is 2.08. The van der Waals surface area contributed by atoms with E-state index >= 15 is 0 Å². The number of aliphatic hydroxyl groups is 1. The summed E-state index contributed by atoms with van der Waals surface area (Å²) in [6.45, 7) is 4.03. The molecule has 1 aliphatic rings. The lowest BCUT2D eigenvalue weighted by Crippen LogP contribution is -2.10. The average Bonchev–Trinajstić information content (AvgIpc) is 2.53. The molecule has 0 bridgehead atoms. The minimum atomic E-state index is -0.160. The second-order valence-electron chi connectivity index (χ2n) is 5.49. The van der Waals surface area contributed by atoms with E-state index in [-0.39, 0.29) is 12.2 Å². The molecule has 1 aliphatic carbocycles. The van der Waals surface area contributed by atoms with Crippen molar-refractivity contribution in [2.45, 2.75) is 64.1 Å². The maximum absolute atomic E-state index is 9.88. The summed E-state index contributed by atoms with van der Waals surface area (Å²) >= 11 is 0. The van der Waals surface area contributed by atoms with E-state index in [2.05, 4.69) is 11.1 Å². The van der Waals surface area contributed by atoms with Gasteiger partial charge in [-0.25, -0.2) is 0 Å². The Hall–Kier alpha value is -1.09. The second-order valence-corrected chi connectivity index (χ2v) is 5.49. The minimum Gasteiger partial charge on any atom is -0.489 e. The van der Waals surface area contributed by atoms with E-state index in [0.29, 0.717) is 5.92 Å². The largest absolute Gasteiger partial charge is 0.489 e. The fourth-order valence-corrected chi connectivity index (χ4v) is 2.63. The Bertz CT molecular complexity index is 379. The molecule has 18 heavy (non-hydrogen) atoms. The highest BCUT2D eigenvalue weighted by Gasteiger charge is 2.20. The summed E-state index contributed by atoms with van der Waals surface area (Å²) in [7, 11) is 0. The van der Waals surface area contributed by atoms with Crippen LogP contribution in [0, 0.1) is 0 Å². The first-order valence-corrected chi connectivity index (χ1v) is 6.95. The Morgan fingerprint density at radius 3 is 2.83 bits per heavy atom. The van der Waals surface area contributed by atoms with E-state index in [1.54, 1.807) is 6.20 Å². The Morgan fingerprint density at radius 2 is 2.06 bits per heavy atom. The molecule has 1 saturated carbocycles. The fourth-order valence-electron chi connectivity index (χ4n) is 2.63. The summed E-state index contributed by atoms with van der Waals surface area (Å²) in [5.74, 6) is 1.26. The van der Waals surface area contributed by atoms with Crippen LogP contribution in [-0.2, 0) is 0 Å². The molecule has 0 aromatic carbocycles. The van der Waals surface area contributed by atoms with E-state index in [9.17, 15) is 5.11 Å². The van der Waals surface area contributed by atoms with Gasteiger partial charge in [0.1, 0.15) is 5.75 Å². The summed E-state index contributed by atoms with van der Waals surface area (Å²) in [6.07, 6.45) is 8.94. The fraction of sp³-hybridized carbons (Fsp3) is 0.667. The van der Waals surface area contributed by atoms with Crippen molar-refractivity contribution in [3.8, 4) is 5.75 Å². The van der Waals surface area contributed by atoms with Gasteiger partial charge in [0.25, 0.3) is 0 Å². The molecular weight excluding hydrogens is 226 g/mol. The normalized spacial score (nSPS) is 24.9. The Labute approximate surface area is 109 Å². The summed E-state index contributed by atoms with van der Waals surface area (Å²) in [5, 5.41) is 9.88. The maximum Gasteiger partial charge on any atom is 0.138 e. The van der Waals surface area contributed by atoms with Crippen LogP contribution in [-0.4, -0.2) is 22.3 Å². The van der Waals surface area contributed by atoms with Crippen LogP contribution in [0.4, 0.5) is 0 Å². The van der Waals surface area contributed by atoms with Gasteiger partial charge in [0, 0.05) is 6.20 Å². The third-order valence-electron chi connectivity index (χ3n) is 3.47. The van der Waals surface area contributed by atoms with Crippen LogP contribution in [0.2, 0.25) is 0 Å². The molecule has 0 aliphatic heterocycles. The zero-order valence-electron chi connectivity index (χ0n) is 11.3. The van der Waals surface area contributed by atoms with Gasteiger partial charge in [-0.2, -0.15) is 0 Å². The lowest BCUT2D eigenvalue weighted by Gasteiger charge is -2.18. The van der Waals surface area contributed by atoms with Crippen LogP contribution in [0.15, 0.2) is 18.5 Å². The number of hydrogen-bond donors (Lipinski definition) is 1. The van der Waals surface area contributed by atoms with Crippen molar-refractivity contribution in [2.24, 2.45) is 0 Å². The molecule has 2 atom stereocenters. The number of aromatic nitrogens is 1. The Kier molecular flexibility index (Phi) is 4.59. The van der Waals surface area contributed by atoms with Crippen molar-refractivity contribution < 1.29 is 9.84 Å². The predicted molar refractivity (Wildman–Crippen MR) is 71.8 cm³/mol. The van der Waals surface area contributed by atoms with E-state index in [1.165, 1.54) is 12.0 Å². The molecule has 0 amide bonds. The number of rotatable bonds is 3. The molecule has 1 N–H and O–H groups in total. The Balaban J connectivity index is 2.11. The van der Waals surface area contributed by atoms with Gasteiger partial charge in [-0.05, 0) is 50.7 Å². The van der Waals surface area contributed by atoms with Gasteiger partial charge in [-0.3, -0.25) is 4.98 Å². The van der Waals surface area contributed by atoms with Crippen LogP contribution in [0.5, 0.6) is 5.75 Å². The highest BCUT2D eigenvalue weighted by molar-refractivity contribution is 5.26. The molecule has 1 fully saturated rings. The highest BCUT2D eigenvalue weighted by Crippen LogP contribution is 2.32. The van der Waals surface area contributed by atoms with Gasteiger partial charge in [-0.1, -0.05) is 12.8 Å². The molecule has 2 rings (SSSR count). The van der Waals surface area contributed by atoms with Crippen LogP contribution < -0.4 is 4.74 Å². The summed E-state index contributed by atoms with van der Waals surface area (Å²) in [5.41, 5.74) is 1.20. The molecule has 0 radical (unpaired) electrons. The highest BCUT2D eigenvalue weighted by atomic mass is 16.5. The zero-order chi connectivity index (χ0) is 13.0. The quantitative estimate of drug-likeness (QED) is 0.836. The van der Waals surface area contributed by atoms with Gasteiger partial charge in [0.15, 0.2) is 0 Å². The second kappa shape index (κ2) is 6.19. The average molecular weight is 249 g/mol. The summed E-state index contributed by atoms with van der Waals surface area (Å²) < 4.78 is 5.68. The molecule has 100 valence electrons. The molecule has 1 heterocycles. The standard InChI is InChI=1S/C15H23NO2/c1-11(2)18-15-8-13(9-16-10-15)12-5-3-4-6-14(17)7-12/h8-12,14,17H,3-7H2,1-2H3. The number of ether oxygens (including phenoxy) is 1. The smallest absolute Gasteiger partial charge is 0.138 e. The third kappa shape index (κ3) is 3.70. The van der Waals surface area contributed by atoms with E-state index < -0.39 is 0 Å². The van der Waals surface area contributed by atoms with Crippen LogP contribution in [0.25, 0.3) is 0 Å². The third-order valence-corrected chi connectivity index (χ3v) is 3.47. The van der Waals surface area contributed by atoms with Gasteiger partial charge in [0.2, 0.25) is 0 Å². The number of pyridine rings is 1. The summed E-state index contributed by atoms with van der Waals surface area (Å²) in [4.78, 5) is 4.26. The van der Waals surface area contributed by atoms with Crippen molar-refractivity contribution in [1.29, 1.82) is 0 Å². The molecule has 0 saturated heterocycles. The van der Waals surface area contributed by atoms with Gasteiger partial charge >= 0.3 is 0 Å². The molecule has 3 nitrogen and oxygen atoms in total. The van der Waals surface area contributed by atoms with Crippen LogP contribution in [0.1, 0.15) is 57.4 Å². The van der Waals surface area contributed by atoms with Crippen LogP contribution >= 0.6 is 0 Å². The number of aliphatic hydroxyl groups excluding tert-OH is 1. The zero-order valence-corrected chi connectivity index (χ0v) is 11.3. The number of nitrogens with zero attached hydrogens (tertiary/aromatic N) is 1. The van der Waals surface area contributed by atoms with Crippen molar-refractivity contribution in [3.05, 3.63) is 24.0 Å².